The number of fused-ring (bicyclic) bond motifs is 1. The molecule has 1 aromatic carbocycles. The van der Waals surface area contributed by atoms with E-state index in [1.54, 1.807) is 0 Å². The van der Waals surface area contributed by atoms with E-state index >= 15 is 0 Å². The predicted molar refractivity (Wildman–Crippen MR) is 106 cm³/mol. The third-order valence-corrected chi connectivity index (χ3v) is 9.31. The fraction of sp³-hybridized carbons (Fsp3) is 0.667. The molecule has 1 saturated heterocycles. The van der Waals surface area contributed by atoms with Crippen molar-refractivity contribution in [1.82, 2.24) is 5.32 Å². The molecule has 1 saturated carbocycles. The summed E-state index contributed by atoms with van der Waals surface area (Å²) in [6.07, 6.45) is 8.38. The molecule has 0 radical (unpaired) electrons. The third-order valence-electron chi connectivity index (χ3n) is 9.31. The summed E-state index contributed by atoms with van der Waals surface area (Å²) in [5.41, 5.74) is 2.25. The van der Waals surface area contributed by atoms with Gasteiger partial charge in [0.25, 0.3) is 0 Å². The zero-order chi connectivity index (χ0) is 18.8. The minimum Gasteiger partial charge on any atom is -0.489 e. The van der Waals surface area contributed by atoms with Gasteiger partial charge in [-0.15, -0.1) is 0 Å². The monoisotopic (exact) mass is 365 g/mol. The van der Waals surface area contributed by atoms with E-state index in [1.807, 2.05) is 0 Å². The van der Waals surface area contributed by atoms with Crippen LogP contribution in [0.2, 0.25) is 0 Å². The molecule has 7 rings (SSSR count). The first-order valence-corrected chi connectivity index (χ1v) is 10.7. The maximum atomic E-state index is 11.7. The second kappa shape index (κ2) is 4.63. The number of benzene rings is 1. The Labute approximate surface area is 162 Å². The minimum absolute atomic E-state index is 0.0597. The number of rotatable bonds is 1. The van der Waals surface area contributed by atoms with Crippen molar-refractivity contribution in [2.24, 2.45) is 22.7 Å². The molecular weight excluding hydrogens is 334 g/mol. The highest BCUT2D eigenvalue weighted by atomic mass is 16.5. The fourth-order valence-electron chi connectivity index (χ4n) is 7.56. The van der Waals surface area contributed by atoms with Crippen LogP contribution < -0.4 is 10.1 Å². The largest absolute Gasteiger partial charge is 0.489 e. The number of ether oxygens (including phenoxy) is 1. The Kier molecular flexibility index (Phi) is 2.85. The van der Waals surface area contributed by atoms with Crippen LogP contribution in [0, 0.1) is 22.7 Å². The Balaban J connectivity index is 1.60. The van der Waals surface area contributed by atoms with Crippen molar-refractivity contribution >= 4 is 0 Å². The van der Waals surface area contributed by atoms with E-state index in [-0.39, 0.29) is 34.2 Å². The first-order chi connectivity index (χ1) is 12.7. The van der Waals surface area contributed by atoms with Crippen LogP contribution in [-0.2, 0) is 11.8 Å². The Bertz CT molecular complexity index is 866. The summed E-state index contributed by atoms with van der Waals surface area (Å²) in [6.45, 7) is 9.66. The number of nitrogens with one attached hydrogen (secondary N) is 1. The van der Waals surface area contributed by atoms with Crippen molar-refractivity contribution in [2.45, 2.75) is 70.1 Å². The van der Waals surface area contributed by atoms with Gasteiger partial charge in [-0.25, -0.2) is 0 Å². The highest BCUT2D eigenvalue weighted by molar-refractivity contribution is 5.59. The van der Waals surface area contributed by atoms with E-state index in [2.05, 4.69) is 63.4 Å². The average Bonchev–Trinajstić information content (AvgIpc) is 2.95. The molecule has 3 heteroatoms. The number of aliphatic hydroxyl groups is 1. The van der Waals surface area contributed by atoms with Gasteiger partial charge in [0.2, 0.25) is 0 Å². The van der Waals surface area contributed by atoms with Gasteiger partial charge in [-0.1, -0.05) is 45.1 Å². The molecule has 3 nitrogen and oxygen atoms in total. The van der Waals surface area contributed by atoms with E-state index in [0.717, 1.165) is 31.6 Å². The molecule has 0 amide bonds. The van der Waals surface area contributed by atoms with Crippen LogP contribution in [0.15, 0.2) is 30.4 Å². The van der Waals surface area contributed by atoms with Crippen molar-refractivity contribution in [1.29, 1.82) is 0 Å². The Hall–Kier alpha value is -1.32. The molecule has 7 atom stereocenters. The van der Waals surface area contributed by atoms with Crippen molar-refractivity contribution in [3.05, 3.63) is 41.5 Å². The highest BCUT2D eigenvalue weighted by Crippen LogP contribution is 2.72. The fourth-order valence-corrected chi connectivity index (χ4v) is 7.56. The second-order valence-electron chi connectivity index (χ2n) is 10.9. The Morgan fingerprint density at radius 2 is 2.04 bits per heavy atom. The molecule has 0 aromatic heterocycles. The zero-order valence-electron chi connectivity index (χ0n) is 16.9. The molecule has 1 aromatic rings. The van der Waals surface area contributed by atoms with E-state index < -0.39 is 5.60 Å². The predicted octanol–water partition coefficient (Wildman–Crippen LogP) is 3.59. The van der Waals surface area contributed by atoms with E-state index in [9.17, 15) is 5.11 Å². The maximum Gasteiger partial charge on any atom is 0.124 e. The SMILES string of the molecule is CC(C)(C)C(C)(O)C1CC23C=CC1[C@@H]1Oc4cccc5c4[C@@]12CCN[C@@H]3C5. The van der Waals surface area contributed by atoms with Gasteiger partial charge < -0.3 is 15.2 Å². The molecule has 4 aliphatic carbocycles. The molecule has 144 valence electrons. The van der Waals surface area contributed by atoms with E-state index in [0.29, 0.717) is 6.04 Å². The van der Waals surface area contributed by atoms with Crippen molar-refractivity contribution in [3.8, 4) is 5.75 Å². The molecule has 2 fully saturated rings. The normalized spacial score (nSPS) is 45.2. The minimum atomic E-state index is -0.732. The first kappa shape index (κ1) is 16.6. The van der Waals surface area contributed by atoms with Crippen LogP contribution in [-0.4, -0.2) is 29.4 Å². The Morgan fingerprint density at radius 3 is 2.81 bits per heavy atom. The number of hydrogen-bond donors (Lipinski definition) is 2. The van der Waals surface area contributed by atoms with Crippen LogP contribution in [0.1, 0.15) is 51.7 Å². The summed E-state index contributed by atoms with van der Waals surface area (Å²) in [7, 11) is 0. The average molecular weight is 366 g/mol. The summed E-state index contributed by atoms with van der Waals surface area (Å²) < 4.78 is 6.76. The van der Waals surface area contributed by atoms with Crippen LogP contribution in [0.25, 0.3) is 0 Å². The number of hydrogen-bond acceptors (Lipinski definition) is 3. The summed E-state index contributed by atoms with van der Waals surface area (Å²) in [5, 5.41) is 15.6. The molecule has 2 heterocycles. The van der Waals surface area contributed by atoms with Crippen LogP contribution in [0.5, 0.6) is 5.75 Å². The van der Waals surface area contributed by atoms with Crippen molar-refractivity contribution in [2.75, 3.05) is 6.54 Å². The molecule has 4 unspecified atom stereocenters. The van der Waals surface area contributed by atoms with Crippen molar-refractivity contribution < 1.29 is 9.84 Å². The lowest BCUT2D eigenvalue weighted by atomic mass is 9.37. The molecule has 2 spiro atoms. The van der Waals surface area contributed by atoms with Gasteiger partial charge in [0.05, 0.1) is 5.60 Å². The standard InChI is InChI=1S/C24H31NO2/c1-21(2,3)22(4,26)16-13-23-9-8-15(16)20-24(23)10-11-25-18(23)12-14-6-5-7-17(27-20)19(14)24/h5-9,15-16,18,20,25-26H,10-13H2,1-4H3/t15?,16?,18-,20+,22?,23?,24+/m1/s1. The Morgan fingerprint density at radius 1 is 1.22 bits per heavy atom. The number of piperidine rings is 1. The van der Waals surface area contributed by atoms with Gasteiger partial charge in [-0.05, 0) is 55.7 Å². The van der Waals surface area contributed by atoms with Crippen LogP contribution in [0.3, 0.4) is 0 Å². The molecule has 2 aliphatic heterocycles. The zero-order valence-corrected chi connectivity index (χ0v) is 16.9. The van der Waals surface area contributed by atoms with E-state index in [4.69, 9.17) is 4.74 Å². The third kappa shape index (κ3) is 1.61. The van der Waals surface area contributed by atoms with Gasteiger partial charge in [0.1, 0.15) is 11.9 Å². The van der Waals surface area contributed by atoms with Gasteiger partial charge >= 0.3 is 0 Å². The van der Waals surface area contributed by atoms with Gasteiger partial charge in [0.15, 0.2) is 0 Å². The van der Waals surface area contributed by atoms with E-state index in [1.165, 1.54) is 11.1 Å². The van der Waals surface area contributed by atoms with Crippen LogP contribution >= 0.6 is 0 Å². The quantitative estimate of drug-likeness (QED) is 0.747. The second-order valence-corrected chi connectivity index (χ2v) is 10.9. The summed E-state index contributed by atoms with van der Waals surface area (Å²) in [6, 6.07) is 7.09. The molecule has 2 N–H and O–H groups in total. The summed E-state index contributed by atoms with van der Waals surface area (Å²) in [5.74, 6) is 1.61. The maximum absolute atomic E-state index is 11.7. The molecule has 27 heavy (non-hydrogen) atoms. The molecule has 6 aliphatic rings. The lowest BCUT2D eigenvalue weighted by molar-refractivity contribution is -0.181. The molecular formula is C24H31NO2. The van der Waals surface area contributed by atoms with Crippen LogP contribution in [0.4, 0.5) is 0 Å². The smallest absolute Gasteiger partial charge is 0.124 e. The topological polar surface area (TPSA) is 41.5 Å². The lowest BCUT2D eigenvalue weighted by Gasteiger charge is -2.69. The summed E-state index contributed by atoms with van der Waals surface area (Å²) >= 11 is 0. The van der Waals surface area contributed by atoms with Gasteiger partial charge in [0, 0.05) is 28.4 Å². The highest BCUT2D eigenvalue weighted by Gasteiger charge is 2.75. The lowest BCUT2D eigenvalue weighted by Crippen LogP contribution is -2.75. The summed E-state index contributed by atoms with van der Waals surface area (Å²) in [4.78, 5) is 0. The van der Waals surface area contributed by atoms with Gasteiger partial charge in [-0.3, -0.25) is 0 Å². The van der Waals surface area contributed by atoms with Gasteiger partial charge in [-0.2, -0.15) is 0 Å². The van der Waals surface area contributed by atoms with Crippen molar-refractivity contribution in [3.63, 3.8) is 0 Å². The molecule has 4 bridgehead atoms. The first-order valence-electron chi connectivity index (χ1n) is 10.7.